The third kappa shape index (κ3) is 3.53. The fourth-order valence-electron chi connectivity index (χ4n) is 0.928. The molecular weight excluding hydrogens is 241 g/mol. The molecule has 0 aliphatic heterocycles. The highest BCUT2D eigenvalue weighted by atomic mass is 32.2. The molecule has 1 heterocycles. The van der Waals surface area contributed by atoms with Crippen molar-refractivity contribution in [1.29, 1.82) is 0 Å². The van der Waals surface area contributed by atoms with Gasteiger partial charge in [-0.1, -0.05) is 13.8 Å². The van der Waals surface area contributed by atoms with Crippen LogP contribution in [0.1, 0.15) is 19.7 Å². The molecule has 90 valence electrons. The van der Waals surface area contributed by atoms with Crippen LogP contribution in [-0.4, -0.2) is 15.2 Å². The van der Waals surface area contributed by atoms with Crippen molar-refractivity contribution in [3.05, 3.63) is 11.9 Å². The number of thioether (sulfide) groups is 1. The molecule has 3 N–H and O–H groups in total. The molecule has 1 rings (SSSR count). The number of nitrogens with one attached hydrogen (secondary N) is 1. The van der Waals surface area contributed by atoms with E-state index in [0.717, 1.165) is 0 Å². The van der Waals surface area contributed by atoms with E-state index in [4.69, 9.17) is 5.84 Å². The van der Waals surface area contributed by atoms with Crippen molar-refractivity contribution >= 4 is 17.6 Å². The standard InChI is InChI=1S/C8H11F3N4S/c1-4(2)16-6-3-5(15-12)13-7(14-6)8(9,10)11/h3-4H,12H2,1-2H3,(H,13,14,15). The molecule has 0 amide bonds. The molecule has 0 aliphatic rings. The van der Waals surface area contributed by atoms with Gasteiger partial charge in [-0.15, -0.1) is 11.8 Å². The maximum atomic E-state index is 12.4. The van der Waals surface area contributed by atoms with E-state index in [1.807, 2.05) is 13.8 Å². The van der Waals surface area contributed by atoms with E-state index in [9.17, 15) is 13.2 Å². The average Bonchev–Trinajstić information content (AvgIpc) is 2.14. The molecule has 16 heavy (non-hydrogen) atoms. The first-order valence-corrected chi connectivity index (χ1v) is 5.30. The third-order valence-corrected chi connectivity index (χ3v) is 2.38. The Labute approximate surface area is 94.8 Å². The average molecular weight is 252 g/mol. The highest BCUT2D eigenvalue weighted by molar-refractivity contribution is 7.99. The van der Waals surface area contributed by atoms with Crippen molar-refractivity contribution in [2.45, 2.75) is 30.3 Å². The lowest BCUT2D eigenvalue weighted by atomic mass is 10.5. The molecule has 0 saturated carbocycles. The summed E-state index contributed by atoms with van der Waals surface area (Å²) in [6.07, 6.45) is -4.57. The first kappa shape index (κ1) is 13.0. The van der Waals surface area contributed by atoms with Gasteiger partial charge in [0.1, 0.15) is 10.8 Å². The Morgan fingerprint density at radius 1 is 1.38 bits per heavy atom. The Morgan fingerprint density at radius 3 is 2.44 bits per heavy atom. The number of hydrogen-bond donors (Lipinski definition) is 2. The molecule has 0 aromatic carbocycles. The van der Waals surface area contributed by atoms with E-state index in [-0.39, 0.29) is 16.1 Å². The molecule has 0 saturated heterocycles. The van der Waals surface area contributed by atoms with Crippen molar-refractivity contribution in [2.75, 3.05) is 5.43 Å². The van der Waals surface area contributed by atoms with Gasteiger partial charge in [0.2, 0.25) is 5.82 Å². The highest BCUT2D eigenvalue weighted by Crippen LogP contribution is 2.30. The summed E-state index contributed by atoms with van der Waals surface area (Å²) in [6.45, 7) is 3.71. The van der Waals surface area contributed by atoms with E-state index in [2.05, 4.69) is 15.4 Å². The largest absolute Gasteiger partial charge is 0.451 e. The van der Waals surface area contributed by atoms with Crippen molar-refractivity contribution in [3.8, 4) is 0 Å². The Balaban J connectivity index is 3.11. The third-order valence-electron chi connectivity index (χ3n) is 1.46. The Morgan fingerprint density at radius 2 is 2.00 bits per heavy atom. The Kier molecular flexibility index (Phi) is 3.98. The van der Waals surface area contributed by atoms with Gasteiger partial charge in [0.15, 0.2) is 0 Å². The van der Waals surface area contributed by atoms with Crippen LogP contribution in [0.2, 0.25) is 0 Å². The quantitative estimate of drug-likeness (QED) is 0.374. The van der Waals surface area contributed by atoms with Crippen LogP contribution in [0, 0.1) is 0 Å². The molecule has 0 unspecified atom stereocenters. The van der Waals surface area contributed by atoms with Crippen LogP contribution in [0.25, 0.3) is 0 Å². The Bertz CT molecular complexity index is 367. The Hall–Kier alpha value is -1.02. The predicted octanol–water partition coefficient (Wildman–Crippen LogP) is 2.28. The second kappa shape index (κ2) is 4.88. The molecule has 0 bridgehead atoms. The smallest absolute Gasteiger partial charge is 0.308 e. The van der Waals surface area contributed by atoms with E-state index < -0.39 is 12.0 Å². The van der Waals surface area contributed by atoms with Gasteiger partial charge in [0.05, 0.1) is 0 Å². The lowest BCUT2D eigenvalue weighted by Gasteiger charge is -2.10. The van der Waals surface area contributed by atoms with Crippen LogP contribution in [-0.2, 0) is 6.18 Å². The van der Waals surface area contributed by atoms with Crippen molar-refractivity contribution < 1.29 is 13.2 Å². The number of hydrazine groups is 1. The summed E-state index contributed by atoms with van der Waals surface area (Å²) >= 11 is 1.21. The molecule has 1 aromatic rings. The summed E-state index contributed by atoms with van der Waals surface area (Å²) < 4.78 is 37.3. The molecule has 0 atom stereocenters. The number of alkyl halides is 3. The van der Waals surface area contributed by atoms with Crippen LogP contribution in [0.3, 0.4) is 0 Å². The minimum Gasteiger partial charge on any atom is -0.308 e. The number of nitrogens with zero attached hydrogens (tertiary/aromatic N) is 2. The first-order chi connectivity index (χ1) is 7.32. The fraction of sp³-hybridized carbons (Fsp3) is 0.500. The number of nitrogen functional groups attached to an aromatic ring is 1. The van der Waals surface area contributed by atoms with Crippen LogP contribution >= 0.6 is 11.8 Å². The summed E-state index contributed by atoms with van der Waals surface area (Å²) in [5.74, 6) is 3.81. The monoisotopic (exact) mass is 252 g/mol. The van der Waals surface area contributed by atoms with Gasteiger partial charge in [-0.2, -0.15) is 13.2 Å². The lowest BCUT2D eigenvalue weighted by molar-refractivity contribution is -0.145. The topological polar surface area (TPSA) is 63.8 Å². The van der Waals surface area contributed by atoms with Crippen molar-refractivity contribution in [1.82, 2.24) is 9.97 Å². The van der Waals surface area contributed by atoms with Crippen LogP contribution in [0.4, 0.5) is 19.0 Å². The number of hydrogen-bond acceptors (Lipinski definition) is 5. The summed E-state index contributed by atoms with van der Waals surface area (Å²) in [7, 11) is 0. The van der Waals surface area contributed by atoms with Gasteiger partial charge in [-0.25, -0.2) is 15.8 Å². The molecule has 4 nitrogen and oxygen atoms in total. The second-order valence-electron chi connectivity index (χ2n) is 3.22. The van der Waals surface area contributed by atoms with E-state index >= 15 is 0 Å². The number of nitrogens with two attached hydrogens (primary N) is 1. The van der Waals surface area contributed by atoms with Gasteiger partial charge in [0, 0.05) is 11.3 Å². The molecule has 0 aliphatic carbocycles. The predicted molar refractivity (Wildman–Crippen MR) is 55.8 cm³/mol. The normalized spacial score (nSPS) is 11.9. The zero-order chi connectivity index (χ0) is 12.3. The molecular formula is C8H11F3N4S. The molecule has 8 heteroatoms. The number of rotatable bonds is 3. The maximum absolute atomic E-state index is 12.4. The van der Waals surface area contributed by atoms with Crippen molar-refractivity contribution in [3.63, 3.8) is 0 Å². The van der Waals surface area contributed by atoms with Gasteiger partial charge >= 0.3 is 6.18 Å². The molecule has 0 spiro atoms. The van der Waals surface area contributed by atoms with Gasteiger partial charge in [-0.3, -0.25) is 0 Å². The molecule has 1 aromatic heterocycles. The van der Waals surface area contributed by atoms with E-state index in [0.29, 0.717) is 0 Å². The van der Waals surface area contributed by atoms with Gasteiger partial charge in [0.25, 0.3) is 0 Å². The summed E-state index contributed by atoms with van der Waals surface area (Å²) in [6, 6.07) is 1.37. The number of anilines is 1. The fourth-order valence-corrected chi connectivity index (χ4v) is 1.73. The van der Waals surface area contributed by atoms with Crippen LogP contribution in [0.15, 0.2) is 11.1 Å². The number of aromatic nitrogens is 2. The minimum atomic E-state index is -4.57. The highest BCUT2D eigenvalue weighted by Gasteiger charge is 2.35. The summed E-state index contributed by atoms with van der Waals surface area (Å²) in [5, 5.41) is 0.367. The zero-order valence-corrected chi connectivity index (χ0v) is 9.49. The van der Waals surface area contributed by atoms with Gasteiger partial charge in [-0.05, 0) is 0 Å². The van der Waals surface area contributed by atoms with Crippen LogP contribution in [0.5, 0.6) is 0 Å². The minimum absolute atomic E-state index is 0.0505. The van der Waals surface area contributed by atoms with E-state index in [1.165, 1.54) is 17.8 Å². The SMILES string of the molecule is CC(C)Sc1cc(NN)nc(C(F)(F)F)n1. The maximum Gasteiger partial charge on any atom is 0.451 e. The molecule has 0 radical (unpaired) electrons. The van der Waals surface area contributed by atoms with Crippen molar-refractivity contribution in [2.24, 2.45) is 5.84 Å². The summed E-state index contributed by atoms with van der Waals surface area (Å²) in [5.41, 5.74) is 2.09. The molecule has 0 fully saturated rings. The van der Waals surface area contributed by atoms with Crippen LogP contribution < -0.4 is 11.3 Å². The van der Waals surface area contributed by atoms with Gasteiger partial charge < -0.3 is 5.43 Å². The first-order valence-electron chi connectivity index (χ1n) is 4.42. The zero-order valence-electron chi connectivity index (χ0n) is 8.67. The second-order valence-corrected chi connectivity index (χ2v) is 4.82. The lowest BCUT2D eigenvalue weighted by Crippen LogP contribution is -2.16. The van der Waals surface area contributed by atoms with E-state index in [1.54, 1.807) is 0 Å². The summed E-state index contributed by atoms with van der Waals surface area (Å²) in [4.78, 5) is 6.67. The number of halogens is 3.